The second-order valence-electron chi connectivity index (χ2n) is 5.22. The van der Waals surface area contributed by atoms with Gasteiger partial charge in [0.05, 0.1) is 6.54 Å². The lowest BCUT2D eigenvalue weighted by Gasteiger charge is -2.31. The highest BCUT2D eigenvalue weighted by atomic mass is 16.2. The molecule has 0 radical (unpaired) electrons. The molecule has 108 valence electrons. The summed E-state index contributed by atoms with van der Waals surface area (Å²) in [6.45, 7) is 2.08. The van der Waals surface area contributed by atoms with Crippen LogP contribution in [0.4, 0.5) is 0 Å². The predicted octanol–water partition coefficient (Wildman–Crippen LogP) is 0.711. The Morgan fingerprint density at radius 3 is 2.65 bits per heavy atom. The molecule has 0 aliphatic carbocycles. The first-order valence-electron chi connectivity index (χ1n) is 6.93. The maximum absolute atomic E-state index is 11.7. The summed E-state index contributed by atoms with van der Waals surface area (Å²) >= 11 is 0. The summed E-state index contributed by atoms with van der Waals surface area (Å²) in [5, 5.41) is 2.64. The maximum atomic E-state index is 11.7. The van der Waals surface area contributed by atoms with Crippen molar-refractivity contribution >= 4 is 11.8 Å². The number of hydrogen-bond donors (Lipinski definition) is 2. The van der Waals surface area contributed by atoms with Crippen molar-refractivity contribution in [2.75, 3.05) is 26.7 Å². The SMILES string of the molecule is CNC(=O)c1cccc(C2CCN(CC(N)=O)CC2)c1. The summed E-state index contributed by atoms with van der Waals surface area (Å²) in [4.78, 5) is 24.6. The molecule has 1 heterocycles. The zero-order chi connectivity index (χ0) is 14.5. The molecule has 1 aromatic carbocycles. The minimum atomic E-state index is -0.273. The number of piperidine rings is 1. The number of nitrogens with one attached hydrogen (secondary N) is 1. The minimum absolute atomic E-state index is 0.0574. The van der Waals surface area contributed by atoms with Crippen LogP contribution in [0, 0.1) is 0 Å². The summed E-state index contributed by atoms with van der Waals surface area (Å²) in [7, 11) is 1.64. The van der Waals surface area contributed by atoms with Crippen molar-refractivity contribution in [3.05, 3.63) is 35.4 Å². The van der Waals surface area contributed by atoms with Crippen molar-refractivity contribution in [1.29, 1.82) is 0 Å². The number of amides is 2. The van der Waals surface area contributed by atoms with Crippen molar-refractivity contribution in [2.24, 2.45) is 5.73 Å². The number of nitrogens with zero attached hydrogens (tertiary/aromatic N) is 1. The number of benzene rings is 1. The lowest BCUT2D eigenvalue weighted by atomic mass is 9.88. The van der Waals surface area contributed by atoms with Crippen LogP contribution in [0.15, 0.2) is 24.3 Å². The molecule has 5 heteroatoms. The van der Waals surface area contributed by atoms with Gasteiger partial charge in [0.25, 0.3) is 5.91 Å². The van der Waals surface area contributed by atoms with Gasteiger partial charge in [-0.2, -0.15) is 0 Å². The van der Waals surface area contributed by atoms with E-state index < -0.39 is 0 Å². The Morgan fingerprint density at radius 2 is 2.05 bits per heavy atom. The van der Waals surface area contributed by atoms with E-state index in [1.807, 2.05) is 18.2 Å². The fraction of sp³-hybridized carbons (Fsp3) is 0.467. The van der Waals surface area contributed by atoms with E-state index in [9.17, 15) is 9.59 Å². The minimum Gasteiger partial charge on any atom is -0.369 e. The van der Waals surface area contributed by atoms with Crippen LogP contribution in [0.1, 0.15) is 34.7 Å². The smallest absolute Gasteiger partial charge is 0.251 e. The van der Waals surface area contributed by atoms with Crippen molar-refractivity contribution in [2.45, 2.75) is 18.8 Å². The number of rotatable bonds is 4. The molecule has 0 aromatic heterocycles. The highest BCUT2D eigenvalue weighted by Gasteiger charge is 2.21. The fourth-order valence-corrected chi connectivity index (χ4v) is 2.72. The Bertz CT molecular complexity index is 494. The normalized spacial score (nSPS) is 16.9. The van der Waals surface area contributed by atoms with Crippen LogP contribution in [-0.2, 0) is 4.79 Å². The molecule has 1 aliphatic rings. The van der Waals surface area contributed by atoms with Crippen molar-refractivity contribution in [3.63, 3.8) is 0 Å². The van der Waals surface area contributed by atoms with E-state index in [-0.39, 0.29) is 11.8 Å². The molecule has 1 fully saturated rings. The molecule has 2 amide bonds. The van der Waals surface area contributed by atoms with Crippen LogP contribution < -0.4 is 11.1 Å². The van der Waals surface area contributed by atoms with E-state index in [0.29, 0.717) is 18.0 Å². The highest BCUT2D eigenvalue weighted by molar-refractivity contribution is 5.94. The standard InChI is InChI=1S/C15H21N3O2/c1-17-15(20)13-4-2-3-12(9-13)11-5-7-18(8-6-11)10-14(16)19/h2-4,9,11H,5-8,10H2,1H3,(H2,16,19)(H,17,20). The van der Waals surface area contributed by atoms with Gasteiger partial charge in [-0.15, -0.1) is 0 Å². The van der Waals surface area contributed by atoms with Gasteiger partial charge in [0.1, 0.15) is 0 Å². The van der Waals surface area contributed by atoms with Crippen LogP contribution in [0.3, 0.4) is 0 Å². The van der Waals surface area contributed by atoms with Gasteiger partial charge in [-0.3, -0.25) is 14.5 Å². The van der Waals surface area contributed by atoms with Gasteiger partial charge in [0.15, 0.2) is 0 Å². The Morgan fingerprint density at radius 1 is 1.35 bits per heavy atom. The first-order chi connectivity index (χ1) is 9.60. The molecule has 0 bridgehead atoms. The molecule has 1 aromatic rings. The third-order valence-electron chi connectivity index (χ3n) is 3.81. The molecule has 3 N–H and O–H groups in total. The van der Waals surface area contributed by atoms with Crippen LogP contribution >= 0.6 is 0 Å². The number of primary amides is 1. The zero-order valence-electron chi connectivity index (χ0n) is 11.8. The Balaban J connectivity index is 2.00. The summed E-state index contributed by atoms with van der Waals surface area (Å²) in [6.07, 6.45) is 1.98. The van der Waals surface area contributed by atoms with E-state index in [4.69, 9.17) is 5.73 Å². The quantitative estimate of drug-likeness (QED) is 0.850. The van der Waals surface area contributed by atoms with E-state index in [0.717, 1.165) is 25.9 Å². The van der Waals surface area contributed by atoms with Gasteiger partial charge in [-0.25, -0.2) is 0 Å². The molecule has 0 saturated carbocycles. The molecular weight excluding hydrogens is 254 g/mol. The molecule has 1 saturated heterocycles. The average molecular weight is 275 g/mol. The van der Waals surface area contributed by atoms with Crippen LogP contribution in [0.5, 0.6) is 0 Å². The maximum Gasteiger partial charge on any atom is 0.251 e. The van der Waals surface area contributed by atoms with Gasteiger partial charge < -0.3 is 11.1 Å². The van der Waals surface area contributed by atoms with Crippen LogP contribution in [0.2, 0.25) is 0 Å². The van der Waals surface area contributed by atoms with Crippen LogP contribution in [0.25, 0.3) is 0 Å². The Labute approximate surface area is 119 Å². The van der Waals surface area contributed by atoms with Crippen LogP contribution in [-0.4, -0.2) is 43.4 Å². The first-order valence-corrected chi connectivity index (χ1v) is 6.93. The van der Waals surface area contributed by atoms with Gasteiger partial charge in [0, 0.05) is 12.6 Å². The van der Waals surface area contributed by atoms with Crippen molar-refractivity contribution < 1.29 is 9.59 Å². The Kier molecular flexibility index (Phi) is 4.74. The van der Waals surface area contributed by atoms with E-state index >= 15 is 0 Å². The van der Waals surface area contributed by atoms with Gasteiger partial charge in [0.2, 0.25) is 5.91 Å². The second-order valence-corrected chi connectivity index (χ2v) is 5.22. The monoisotopic (exact) mass is 275 g/mol. The average Bonchev–Trinajstić information content (AvgIpc) is 2.47. The van der Waals surface area contributed by atoms with Gasteiger partial charge in [-0.05, 0) is 49.5 Å². The zero-order valence-corrected chi connectivity index (χ0v) is 11.8. The highest BCUT2D eigenvalue weighted by Crippen LogP contribution is 2.28. The molecule has 5 nitrogen and oxygen atoms in total. The van der Waals surface area contributed by atoms with E-state index in [2.05, 4.69) is 16.3 Å². The molecular formula is C15H21N3O2. The molecule has 2 rings (SSSR count). The third-order valence-corrected chi connectivity index (χ3v) is 3.81. The lowest BCUT2D eigenvalue weighted by molar-refractivity contribution is -0.119. The fourth-order valence-electron chi connectivity index (χ4n) is 2.72. The summed E-state index contributed by atoms with van der Waals surface area (Å²) in [6, 6.07) is 7.79. The molecule has 0 unspecified atom stereocenters. The van der Waals surface area contributed by atoms with Gasteiger partial charge in [-0.1, -0.05) is 12.1 Å². The molecule has 20 heavy (non-hydrogen) atoms. The van der Waals surface area contributed by atoms with E-state index in [1.54, 1.807) is 7.05 Å². The molecule has 0 spiro atoms. The van der Waals surface area contributed by atoms with Crippen molar-refractivity contribution in [3.8, 4) is 0 Å². The topological polar surface area (TPSA) is 75.4 Å². The number of likely N-dealkylation sites (tertiary alicyclic amines) is 1. The first kappa shape index (κ1) is 14.5. The summed E-state index contributed by atoms with van der Waals surface area (Å²) in [5.74, 6) is 0.117. The number of carbonyl (C=O) groups is 2. The van der Waals surface area contributed by atoms with Gasteiger partial charge >= 0.3 is 0 Å². The van der Waals surface area contributed by atoms with Crippen molar-refractivity contribution in [1.82, 2.24) is 10.2 Å². The Hall–Kier alpha value is -1.88. The number of carbonyl (C=O) groups excluding carboxylic acids is 2. The second kappa shape index (κ2) is 6.52. The lowest BCUT2D eigenvalue weighted by Crippen LogP contribution is -2.39. The number of nitrogens with two attached hydrogens (primary N) is 1. The van der Waals surface area contributed by atoms with E-state index in [1.165, 1.54) is 5.56 Å². The molecule has 1 aliphatic heterocycles. The summed E-state index contributed by atoms with van der Waals surface area (Å²) < 4.78 is 0. The third kappa shape index (κ3) is 3.57. The predicted molar refractivity (Wildman–Crippen MR) is 77.4 cm³/mol. The molecule has 0 atom stereocenters. The summed E-state index contributed by atoms with van der Waals surface area (Å²) in [5.41, 5.74) is 7.11. The largest absolute Gasteiger partial charge is 0.369 e. The number of hydrogen-bond acceptors (Lipinski definition) is 3.